The van der Waals surface area contributed by atoms with Gasteiger partial charge in [-0.15, -0.1) is 0 Å². The number of hydrogen-bond acceptors (Lipinski definition) is 9. The van der Waals surface area contributed by atoms with Crippen molar-refractivity contribution in [3.05, 3.63) is 37.4 Å². The molecule has 204 valence electrons. The van der Waals surface area contributed by atoms with E-state index in [2.05, 4.69) is 36.6 Å². The van der Waals surface area contributed by atoms with Gasteiger partial charge >= 0.3 is 7.05 Å². The number of carbonyl (C=O) groups is 2. The zero-order chi connectivity index (χ0) is 26.3. The van der Waals surface area contributed by atoms with Crippen LogP contribution in [0.2, 0.25) is 6.82 Å². The van der Waals surface area contributed by atoms with Crippen LogP contribution in [0.4, 0.5) is 0 Å². The van der Waals surface area contributed by atoms with Gasteiger partial charge in [0.05, 0.1) is 24.7 Å². The van der Waals surface area contributed by atoms with Crippen LogP contribution in [-0.2, 0) is 22.7 Å². The summed E-state index contributed by atoms with van der Waals surface area (Å²) < 4.78 is 3.99. The molecule has 2 aliphatic rings. The average Bonchev–Trinajstić information content (AvgIpc) is 3.64. The fourth-order valence-electron chi connectivity index (χ4n) is 4.16. The van der Waals surface area contributed by atoms with Gasteiger partial charge in [-0.1, -0.05) is 0 Å². The minimum Gasteiger partial charge on any atom is -0.437 e. The Hall–Kier alpha value is -2.78. The van der Waals surface area contributed by atoms with E-state index < -0.39 is 7.05 Å². The number of hydrogen-bond donors (Lipinski definition) is 6. The summed E-state index contributed by atoms with van der Waals surface area (Å²) in [6.07, 6.45) is 12.7. The van der Waals surface area contributed by atoms with Gasteiger partial charge in [-0.25, -0.2) is 9.97 Å². The van der Waals surface area contributed by atoms with E-state index >= 15 is 0 Å². The third kappa shape index (κ3) is 10.6. The summed E-state index contributed by atoms with van der Waals surface area (Å²) in [6.45, 7) is 9.34. The lowest BCUT2D eigenvalue weighted by molar-refractivity contribution is -0.124. The van der Waals surface area contributed by atoms with Crippen molar-refractivity contribution in [2.75, 3.05) is 52.4 Å². The first-order chi connectivity index (χ1) is 18.0. The minimum absolute atomic E-state index is 0.000908. The number of carbonyl (C=O) groups excluding carboxylic acids is 2. The molecule has 2 aromatic heterocycles. The van der Waals surface area contributed by atoms with E-state index in [9.17, 15) is 14.6 Å². The summed E-state index contributed by atoms with van der Waals surface area (Å²) in [5.41, 5.74) is 0. The number of nitrogens with zero attached hydrogens (tertiary/aromatic N) is 5. The minimum atomic E-state index is -0.506. The summed E-state index contributed by atoms with van der Waals surface area (Å²) in [6, 6.07) is -0.330. The zero-order valence-corrected chi connectivity index (χ0v) is 21.7. The molecule has 0 unspecified atom stereocenters. The maximum absolute atomic E-state index is 12.0. The van der Waals surface area contributed by atoms with Crippen molar-refractivity contribution < 1.29 is 14.6 Å². The average molecular weight is 516 g/mol. The van der Waals surface area contributed by atoms with Crippen LogP contribution < -0.4 is 26.6 Å². The summed E-state index contributed by atoms with van der Waals surface area (Å²) in [4.78, 5) is 33.6. The smallest absolute Gasteiger partial charge is 0.376 e. The molecule has 0 spiro atoms. The molecule has 4 rings (SSSR count). The van der Waals surface area contributed by atoms with Gasteiger partial charge < -0.3 is 45.6 Å². The molecule has 0 radical (unpaired) electrons. The first-order valence-corrected chi connectivity index (χ1v) is 13.1. The summed E-state index contributed by atoms with van der Waals surface area (Å²) in [7, 11) is -0.506. The molecule has 2 fully saturated rings. The number of rotatable bonds is 11. The van der Waals surface area contributed by atoms with Gasteiger partial charge in [0.2, 0.25) is 11.8 Å². The van der Waals surface area contributed by atoms with Gasteiger partial charge in [0.15, 0.2) is 0 Å². The predicted molar refractivity (Wildman–Crippen MR) is 142 cm³/mol. The molecule has 2 aromatic rings. The molecule has 0 bridgehead atoms. The zero-order valence-electron chi connectivity index (χ0n) is 21.7. The van der Waals surface area contributed by atoms with Crippen LogP contribution in [0.15, 0.2) is 37.4 Å². The van der Waals surface area contributed by atoms with Gasteiger partial charge in [0.1, 0.15) is 0 Å². The van der Waals surface area contributed by atoms with E-state index in [1.54, 1.807) is 31.9 Å². The maximum Gasteiger partial charge on any atom is 0.376 e. The summed E-state index contributed by atoms with van der Waals surface area (Å²) in [5, 5.41) is 25.0. The Balaban J connectivity index is 0.000000208. The fraction of sp³-hybridized carbons (Fsp3) is 0.652. The molecule has 2 atom stereocenters. The number of nitrogens with one attached hydrogen (secondary N) is 5. The highest BCUT2D eigenvalue weighted by Gasteiger charge is 2.28. The molecule has 14 heteroatoms. The Morgan fingerprint density at radius 1 is 0.946 bits per heavy atom. The van der Waals surface area contributed by atoms with Crippen molar-refractivity contribution in [2.45, 2.75) is 44.8 Å². The Bertz CT molecular complexity index is 891. The SMILES string of the molecule is CB(O)N1CCN[C@@H](C(=O)NCCCn2ccnc2)C1.O=C(NCCCn1ccnc1)[C@H]1CNCCN1. The Morgan fingerprint density at radius 2 is 1.54 bits per heavy atom. The van der Waals surface area contributed by atoms with Crippen LogP contribution in [0, 0.1) is 0 Å². The third-order valence-corrected chi connectivity index (χ3v) is 6.31. The third-order valence-electron chi connectivity index (χ3n) is 6.31. The van der Waals surface area contributed by atoms with Crippen molar-refractivity contribution in [1.82, 2.24) is 50.5 Å². The molecule has 2 amide bonds. The monoisotopic (exact) mass is 516 g/mol. The van der Waals surface area contributed by atoms with Crippen LogP contribution in [0.25, 0.3) is 0 Å². The first-order valence-electron chi connectivity index (χ1n) is 13.1. The molecule has 13 nitrogen and oxygen atoms in total. The van der Waals surface area contributed by atoms with Crippen molar-refractivity contribution in [3.8, 4) is 0 Å². The first kappa shape index (κ1) is 28.8. The number of aromatic nitrogens is 4. The fourth-order valence-corrected chi connectivity index (χ4v) is 4.16. The number of amides is 2. The second-order valence-corrected chi connectivity index (χ2v) is 9.23. The van der Waals surface area contributed by atoms with Crippen LogP contribution in [0.5, 0.6) is 0 Å². The van der Waals surface area contributed by atoms with Crippen LogP contribution in [0.1, 0.15) is 12.8 Å². The van der Waals surface area contributed by atoms with Crippen LogP contribution in [0.3, 0.4) is 0 Å². The highest BCUT2D eigenvalue weighted by molar-refractivity contribution is 6.45. The van der Waals surface area contributed by atoms with Crippen molar-refractivity contribution in [2.24, 2.45) is 0 Å². The van der Waals surface area contributed by atoms with E-state index in [0.29, 0.717) is 26.2 Å². The molecule has 6 N–H and O–H groups in total. The van der Waals surface area contributed by atoms with E-state index in [1.165, 1.54) is 0 Å². The van der Waals surface area contributed by atoms with Gasteiger partial charge in [-0.05, 0) is 19.7 Å². The number of imidazole rings is 2. The lowest BCUT2D eigenvalue weighted by Crippen LogP contribution is -2.59. The Kier molecular flexibility index (Phi) is 12.6. The maximum atomic E-state index is 12.0. The molecule has 2 saturated heterocycles. The summed E-state index contributed by atoms with van der Waals surface area (Å²) >= 11 is 0. The van der Waals surface area contributed by atoms with Gasteiger partial charge in [0.25, 0.3) is 0 Å². The lowest BCUT2D eigenvalue weighted by atomic mass is 9.83. The molecule has 2 aliphatic heterocycles. The molecule has 37 heavy (non-hydrogen) atoms. The van der Waals surface area contributed by atoms with Gasteiger partial charge in [-0.2, -0.15) is 0 Å². The van der Waals surface area contributed by atoms with E-state index in [-0.39, 0.29) is 23.9 Å². The highest BCUT2D eigenvalue weighted by atomic mass is 16.2. The van der Waals surface area contributed by atoms with E-state index in [0.717, 1.165) is 52.1 Å². The molecule has 0 saturated carbocycles. The predicted octanol–water partition coefficient (Wildman–Crippen LogP) is -2.28. The lowest BCUT2D eigenvalue weighted by Gasteiger charge is -2.33. The Labute approximate surface area is 218 Å². The number of aryl methyl sites for hydroxylation is 2. The van der Waals surface area contributed by atoms with Crippen molar-refractivity contribution >= 4 is 18.9 Å². The van der Waals surface area contributed by atoms with Crippen molar-refractivity contribution in [1.29, 1.82) is 0 Å². The van der Waals surface area contributed by atoms with Gasteiger partial charge in [0, 0.05) is 90.2 Å². The molecule has 0 aromatic carbocycles. The molecule has 0 aliphatic carbocycles. The van der Waals surface area contributed by atoms with E-state index in [1.807, 2.05) is 26.3 Å². The largest absolute Gasteiger partial charge is 0.437 e. The second-order valence-electron chi connectivity index (χ2n) is 9.23. The summed E-state index contributed by atoms with van der Waals surface area (Å²) in [5.74, 6) is 0.0869. The van der Waals surface area contributed by atoms with Gasteiger partial charge in [-0.3, -0.25) is 9.59 Å². The number of piperazine rings is 2. The van der Waals surface area contributed by atoms with Crippen molar-refractivity contribution in [3.63, 3.8) is 0 Å². The normalized spacial score (nSPS) is 19.9. The highest BCUT2D eigenvalue weighted by Crippen LogP contribution is 2.01. The quantitative estimate of drug-likeness (QED) is 0.143. The topological polar surface area (TPSA) is 153 Å². The van der Waals surface area contributed by atoms with Crippen LogP contribution in [-0.4, -0.2) is 112 Å². The van der Waals surface area contributed by atoms with Crippen LogP contribution >= 0.6 is 0 Å². The Morgan fingerprint density at radius 3 is 2.05 bits per heavy atom. The molecular weight excluding hydrogens is 475 g/mol. The second kappa shape index (κ2) is 16.1. The molecule has 4 heterocycles. The van der Waals surface area contributed by atoms with E-state index in [4.69, 9.17) is 0 Å². The molecular formula is C23H41BN10O3. The standard InChI is InChI=1S/C12H22BN5O2.C11H19N5O/c1-13(20)18-8-5-15-11(9-18)12(19)16-3-2-6-17-7-4-14-10-17;17-11(10-8-12-3-4-14-10)15-2-1-6-16-7-5-13-9-16/h4,7,10-11,15,20H,2-3,5-6,8-9H2,1H3,(H,16,19);5,7,9-10,12,14H,1-4,6,8H2,(H,15,17)/t11-;10-/m11/s1.